The quantitative estimate of drug-likeness (QED) is 0.266. The van der Waals surface area contributed by atoms with Crippen molar-refractivity contribution in [3.8, 4) is 0 Å². The van der Waals surface area contributed by atoms with Crippen molar-refractivity contribution in [3.63, 3.8) is 0 Å². The standard InChI is InChI=1S/C18H34BrSi/c1-2-13-20-14-11-17(12-15-20)6-4-3-5-16-7-9-18(19)10-8-16/h16-18H,2-15H2,1H3. The fourth-order valence-electron chi connectivity index (χ4n) is 4.25. The molecule has 0 atom stereocenters. The van der Waals surface area contributed by atoms with Crippen LogP contribution in [0.25, 0.3) is 0 Å². The third-order valence-corrected chi connectivity index (χ3v) is 9.78. The maximum Gasteiger partial charge on any atom is 0.0479 e. The molecule has 2 heteroatoms. The predicted molar refractivity (Wildman–Crippen MR) is 96.3 cm³/mol. The van der Waals surface area contributed by atoms with Gasteiger partial charge < -0.3 is 0 Å². The monoisotopic (exact) mass is 357 g/mol. The van der Waals surface area contributed by atoms with Gasteiger partial charge in [-0.3, -0.25) is 0 Å². The minimum Gasteiger partial charge on any atom is -0.0891 e. The van der Waals surface area contributed by atoms with Crippen molar-refractivity contribution >= 4 is 24.7 Å². The summed E-state index contributed by atoms with van der Waals surface area (Å²) in [7, 11) is 0.112. The summed E-state index contributed by atoms with van der Waals surface area (Å²) in [5, 5.41) is 0. The number of hydrogen-bond acceptors (Lipinski definition) is 0. The first-order valence-electron chi connectivity index (χ1n) is 9.25. The molecule has 0 aromatic rings. The molecule has 0 spiro atoms. The molecule has 20 heavy (non-hydrogen) atoms. The van der Waals surface area contributed by atoms with E-state index in [1.165, 1.54) is 51.4 Å². The lowest BCUT2D eigenvalue weighted by Crippen LogP contribution is -2.21. The van der Waals surface area contributed by atoms with Crippen LogP contribution in [0.2, 0.25) is 18.1 Å². The first-order valence-corrected chi connectivity index (χ1v) is 12.3. The van der Waals surface area contributed by atoms with Crippen LogP contribution in [0.15, 0.2) is 0 Å². The van der Waals surface area contributed by atoms with Gasteiger partial charge in [-0.2, -0.15) is 0 Å². The molecule has 0 aromatic carbocycles. The van der Waals surface area contributed by atoms with Gasteiger partial charge in [0.2, 0.25) is 0 Å². The number of halogens is 1. The second-order valence-electron chi connectivity index (χ2n) is 7.35. The van der Waals surface area contributed by atoms with E-state index in [0.717, 1.165) is 16.7 Å². The van der Waals surface area contributed by atoms with E-state index in [9.17, 15) is 0 Å². The maximum absolute atomic E-state index is 3.77. The van der Waals surface area contributed by atoms with E-state index >= 15 is 0 Å². The SMILES string of the molecule is CCC[Si]1CCC(CCCCC2CCC(Br)CC2)CC1. The summed E-state index contributed by atoms with van der Waals surface area (Å²) in [6.07, 6.45) is 16.6. The van der Waals surface area contributed by atoms with E-state index in [4.69, 9.17) is 0 Å². The van der Waals surface area contributed by atoms with Gasteiger partial charge in [0.25, 0.3) is 0 Å². The Hall–Kier alpha value is 0.697. The molecule has 0 bridgehead atoms. The molecule has 0 aromatic heterocycles. The van der Waals surface area contributed by atoms with Crippen LogP contribution < -0.4 is 0 Å². The lowest BCUT2D eigenvalue weighted by molar-refractivity contribution is 0.327. The molecule has 0 unspecified atom stereocenters. The van der Waals surface area contributed by atoms with Crippen molar-refractivity contribution in [2.24, 2.45) is 11.8 Å². The van der Waals surface area contributed by atoms with E-state index in [0.29, 0.717) is 0 Å². The molecule has 1 radical (unpaired) electrons. The first kappa shape index (κ1) is 17.1. The van der Waals surface area contributed by atoms with Gasteiger partial charge in [0.15, 0.2) is 0 Å². The van der Waals surface area contributed by atoms with Gasteiger partial charge in [-0.05, 0) is 37.5 Å². The Morgan fingerprint density at radius 3 is 1.95 bits per heavy atom. The minimum absolute atomic E-state index is 0.112. The zero-order valence-electron chi connectivity index (χ0n) is 13.5. The van der Waals surface area contributed by atoms with Crippen molar-refractivity contribution < 1.29 is 0 Å². The van der Waals surface area contributed by atoms with E-state index < -0.39 is 0 Å². The number of unbranched alkanes of at least 4 members (excludes halogenated alkanes) is 1. The van der Waals surface area contributed by atoms with Crippen LogP contribution in [-0.2, 0) is 0 Å². The number of rotatable bonds is 7. The van der Waals surface area contributed by atoms with Crippen molar-refractivity contribution in [2.75, 3.05) is 0 Å². The van der Waals surface area contributed by atoms with E-state index in [-0.39, 0.29) is 8.80 Å². The highest BCUT2D eigenvalue weighted by molar-refractivity contribution is 9.09. The zero-order chi connectivity index (χ0) is 14.2. The van der Waals surface area contributed by atoms with Crippen LogP contribution in [0.5, 0.6) is 0 Å². The van der Waals surface area contributed by atoms with Gasteiger partial charge in [0.1, 0.15) is 0 Å². The van der Waals surface area contributed by atoms with Crippen LogP contribution >= 0.6 is 15.9 Å². The lowest BCUT2D eigenvalue weighted by atomic mass is 9.85. The summed E-state index contributed by atoms with van der Waals surface area (Å²) >= 11 is 3.77. The van der Waals surface area contributed by atoms with Gasteiger partial charge in [0, 0.05) is 13.6 Å². The summed E-state index contributed by atoms with van der Waals surface area (Å²) in [6, 6.07) is 4.87. The van der Waals surface area contributed by atoms with Gasteiger partial charge >= 0.3 is 0 Å². The van der Waals surface area contributed by atoms with Crippen molar-refractivity contribution in [1.82, 2.24) is 0 Å². The van der Waals surface area contributed by atoms with Gasteiger partial charge in [-0.15, -0.1) is 0 Å². The highest BCUT2D eigenvalue weighted by Crippen LogP contribution is 2.34. The Bertz CT molecular complexity index is 240. The average molecular weight is 358 g/mol. The molecule has 0 nitrogen and oxygen atoms in total. The topological polar surface area (TPSA) is 0 Å². The van der Waals surface area contributed by atoms with Crippen LogP contribution in [0.4, 0.5) is 0 Å². The maximum atomic E-state index is 3.77. The predicted octanol–water partition coefficient (Wildman–Crippen LogP) is 6.82. The molecule has 1 aliphatic carbocycles. The molecule has 2 fully saturated rings. The Labute approximate surface area is 137 Å². The molecule has 2 aliphatic rings. The summed E-state index contributed by atoms with van der Waals surface area (Å²) in [5.74, 6) is 2.17. The van der Waals surface area contributed by atoms with Crippen molar-refractivity contribution in [2.45, 2.75) is 101 Å². The van der Waals surface area contributed by atoms with Gasteiger partial charge in [0.05, 0.1) is 0 Å². The Morgan fingerprint density at radius 2 is 1.40 bits per heavy atom. The fourth-order valence-corrected chi connectivity index (χ4v) is 7.87. The summed E-state index contributed by atoms with van der Waals surface area (Å²) in [4.78, 5) is 0.833. The third-order valence-electron chi connectivity index (χ3n) is 5.67. The van der Waals surface area contributed by atoms with Gasteiger partial charge in [-0.1, -0.05) is 85.9 Å². The van der Waals surface area contributed by atoms with Crippen molar-refractivity contribution in [1.29, 1.82) is 0 Å². The molecule has 1 aliphatic heterocycles. The largest absolute Gasteiger partial charge is 0.0891 e. The summed E-state index contributed by atoms with van der Waals surface area (Å²) in [6.45, 7) is 2.37. The van der Waals surface area contributed by atoms with Crippen LogP contribution in [0, 0.1) is 11.8 Å². The Morgan fingerprint density at radius 1 is 0.850 bits per heavy atom. The summed E-state index contributed by atoms with van der Waals surface area (Å²) < 4.78 is 0. The normalized spacial score (nSPS) is 29.7. The third kappa shape index (κ3) is 6.21. The van der Waals surface area contributed by atoms with Crippen LogP contribution in [0.1, 0.15) is 77.6 Å². The smallest absolute Gasteiger partial charge is 0.0479 e. The van der Waals surface area contributed by atoms with Crippen LogP contribution in [-0.4, -0.2) is 13.6 Å². The van der Waals surface area contributed by atoms with Crippen molar-refractivity contribution in [3.05, 3.63) is 0 Å². The molecule has 1 saturated heterocycles. The molecule has 117 valence electrons. The van der Waals surface area contributed by atoms with Crippen LogP contribution in [0.3, 0.4) is 0 Å². The van der Waals surface area contributed by atoms with Gasteiger partial charge in [-0.25, -0.2) is 0 Å². The Balaban J connectivity index is 1.47. The molecular weight excluding hydrogens is 324 g/mol. The van der Waals surface area contributed by atoms with E-state index in [1.807, 2.05) is 0 Å². The Kier molecular flexibility index (Phi) is 8.24. The molecule has 1 heterocycles. The molecule has 1 saturated carbocycles. The first-order chi connectivity index (χ1) is 9.78. The second kappa shape index (κ2) is 9.66. The molecular formula is C18H34BrSi. The molecule has 0 amide bonds. The average Bonchev–Trinajstić information content (AvgIpc) is 2.47. The van der Waals surface area contributed by atoms with E-state index in [1.54, 1.807) is 37.4 Å². The lowest BCUT2D eigenvalue weighted by Gasteiger charge is -2.28. The second-order valence-corrected chi connectivity index (χ2v) is 11.6. The molecule has 0 N–H and O–H groups in total. The fraction of sp³-hybridized carbons (Fsp3) is 1.00. The highest BCUT2D eigenvalue weighted by Gasteiger charge is 2.22. The minimum atomic E-state index is 0.112. The number of hydrogen-bond donors (Lipinski definition) is 0. The molecule has 2 rings (SSSR count). The van der Waals surface area contributed by atoms with E-state index in [2.05, 4.69) is 22.9 Å². The number of alkyl halides is 1. The highest BCUT2D eigenvalue weighted by atomic mass is 79.9. The zero-order valence-corrected chi connectivity index (χ0v) is 16.1. The summed E-state index contributed by atoms with van der Waals surface area (Å²) in [5.41, 5.74) is 0.